The molecule has 172 valence electrons. The maximum Gasteiger partial charge on any atom is 0.275 e. The van der Waals surface area contributed by atoms with Crippen LogP contribution in [0.5, 0.6) is 0 Å². The number of likely N-dealkylation sites (tertiary alicyclic amines) is 1. The summed E-state index contributed by atoms with van der Waals surface area (Å²) in [6, 6.07) is 16.8. The lowest BCUT2D eigenvalue weighted by Crippen LogP contribution is -2.21. The topological polar surface area (TPSA) is 71.0 Å². The number of alkyl halides is 2. The Labute approximate surface area is 195 Å². The zero-order valence-corrected chi connectivity index (χ0v) is 18.4. The highest BCUT2D eigenvalue weighted by Crippen LogP contribution is 2.30. The third kappa shape index (κ3) is 4.77. The molecule has 3 heterocycles. The highest BCUT2D eigenvalue weighted by Gasteiger charge is 2.16. The second kappa shape index (κ2) is 9.61. The van der Waals surface area contributed by atoms with Crippen molar-refractivity contribution >= 4 is 22.6 Å². The van der Waals surface area contributed by atoms with E-state index in [1.54, 1.807) is 36.5 Å². The summed E-state index contributed by atoms with van der Waals surface area (Å²) in [6.07, 6.45) is 1.43. The summed E-state index contributed by atoms with van der Waals surface area (Å²) in [6.45, 7) is 2.71. The first-order valence-electron chi connectivity index (χ1n) is 11.2. The molecule has 1 N–H and O–H groups in total. The zero-order chi connectivity index (χ0) is 23.5. The first kappa shape index (κ1) is 22.0. The Kier molecular flexibility index (Phi) is 6.22. The minimum Gasteiger partial charge on any atom is -0.305 e. The third-order valence-corrected chi connectivity index (χ3v) is 5.91. The molecule has 5 rings (SSSR count). The number of hydrogen-bond donors (Lipinski definition) is 1. The molecule has 0 unspecified atom stereocenters. The molecule has 0 aliphatic carbocycles. The molecule has 0 spiro atoms. The van der Waals surface area contributed by atoms with E-state index in [0.29, 0.717) is 34.8 Å². The number of para-hydroxylation sites is 1. The SMILES string of the molecule is O=C(Nc1ccnc(CN2CCCC2)n1)c1ccc2cccc(-c3cccc(C(F)F)c3)c2n1. The van der Waals surface area contributed by atoms with Crippen LogP contribution < -0.4 is 5.32 Å². The maximum atomic E-state index is 13.2. The summed E-state index contributed by atoms with van der Waals surface area (Å²) in [5.74, 6) is 0.672. The minimum atomic E-state index is -2.56. The second-order valence-electron chi connectivity index (χ2n) is 8.30. The van der Waals surface area contributed by atoms with Crippen LogP contribution in [0, 0.1) is 0 Å². The number of carbonyl (C=O) groups is 1. The van der Waals surface area contributed by atoms with Crippen molar-refractivity contribution in [1.82, 2.24) is 19.9 Å². The quantitative estimate of drug-likeness (QED) is 0.414. The number of nitrogens with zero attached hydrogens (tertiary/aromatic N) is 4. The van der Waals surface area contributed by atoms with Gasteiger partial charge in [-0.15, -0.1) is 0 Å². The summed E-state index contributed by atoms with van der Waals surface area (Å²) in [5.41, 5.74) is 2.03. The number of nitrogens with one attached hydrogen (secondary N) is 1. The zero-order valence-electron chi connectivity index (χ0n) is 18.4. The molecule has 1 aliphatic rings. The van der Waals surface area contributed by atoms with Gasteiger partial charge in [-0.1, -0.05) is 42.5 Å². The fourth-order valence-electron chi connectivity index (χ4n) is 4.21. The summed E-state index contributed by atoms with van der Waals surface area (Å²) < 4.78 is 26.4. The first-order valence-corrected chi connectivity index (χ1v) is 11.2. The molecule has 8 heteroatoms. The van der Waals surface area contributed by atoms with E-state index in [4.69, 9.17) is 0 Å². The van der Waals surface area contributed by atoms with Crippen LogP contribution in [0.2, 0.25) is 0 Å². The molecule has 2 aromatic carbocycles. The molecule has 1 fully saturated rings. The van der Waals surface area contributed by atoms with E-state index in [0.717, 1.165) is 18.5 Å². The van der Waals surface area contributed by atoms with Crippen LogP contribution >= 0.6 is 0 Å². The third-order valence-electron chi connectivity index (χ3n) is 5.91. The predicted molar refractivity (Wildman–Crippen MR) is 127 cm³/mol. The van der Waals surface area contributed by atoms with Crippen molar-refractivity contribution < 1.29 is 13.6 Å². The number of pyridine rings is 1. The summed E-state index contributed by atoms with van der Waals surface area (Å²) in [4.78, 5) is 28.6. The molecule has 2 aromatic heterocycles. The largest absolute Gasteiger partial charge is 0.305 e. The van der Waals surface area contributed by atoms with Crippen LogP contribution in [0.3, 0.4) is 0 Å². The second-order valence-corrected chi connectivity index (χ2v) is 8.30. The Morgan fingerprint density at radius 3 is 2.65 bits per heavy atom. The molecule has 1 amide bonds. The molecule has 1 saturated heterocycles. The van der Waals surface area contributed by atoms with E-state index in [1.807, 2.05) is 18.2 Å². The average molecular weight is 460 g/mol. The predicted octanol–water partition coefficient (Wildman–Crippen LogP) is 5.48. The molecule has 6 nitrogen and oxygen atoms in total. The Morgan fingerprint density at radius 2 is 1.82 bits per heavy atom. The van der Waals surface area contributed by atoms with Gasteiger partial charge in [-0.25, -0.2) is 23.7 Å². The molecule has 4 aromatic rings. The number of benzene rings is 2. The highest BCUT2D eigenvalue weighted by atomic mass is 19.3. The number of anilines is 1. The number of fused-ring (bicyclic) bond motifs is 1. The number of aromatic nitrogens is 3. The van der Waals surface area contributed by atoms with Crippen molar-refractivity contribution in [2.75, 3.05) is 18.4 Å². The van der Waals surface area contributed by atoms with Gasteiger partial charge in [0.05, 0.1) is 12.1 Å². The van der Waals surface area contributed by atoms with Crippen LogP contribution in [0.4, 0.5) is 14.6 Å². The molecular formula is C26H23F2N5O. The number of hydrogen-bond acceptors (Lipinski definition) is 5. The highest BCUT2D eigenvalue weighted by molar-refractivity contribution is 6.04. The van der Waals surface area contributed by atoms with Crippen molar-refractivity contribution in [2.24, 2.45) is 0 Å². The van der Waals surface area contributed by atoms with Gasteiger partial charge in [-0.2, -0.15) is 0 Å². The van der Waals surface area contributed by atoms with Gasteiger partial charge in [-0.05, 0) is 49.7 Å². The van der Waals surface area contributed by atoms with Crippen molar-refractivity contribution in [3.8, 4) is 11.1 Å². The van der Waals surface area contributed by atoms with E-state index in [1.165, 1.54) is 25.0 Å². The Bertz CT molecular complexity index is 1340. The van der Waals surface area contributed by atoms with Crippen LogP contribution in [-0.2, 0) is 6.54 Å². The fourth-order valence-corrected chi connectivity index (χ4v) is 4.21. The Balaban J connectivity index is 1.41. The normalized spacial score (nSPS) is 14.1. The minimum absolute atomic E-state index is 0.0584. The van der Waals surface area contributed by atoms with Gasteiger partial charge < -0.3 is 5.32 Å². The van der Waals surface area contributed by atoms with E-state index >= 15 is 0 Å². The monoisotopic (exact) mass is 459 g/mol. The van der Waals surface area contributed by atoms with Gasteiger partial charge in [0, 0.05) is 22.7 Å². The van der Waals surface area contributed by atoms with Crippen LogP contribution in [0.1, 0.15) is 41.1 Å². The fraction of sp³-hybridized carbons (Fsp3) is 0.231. The van der Waals surface area contributed by atoms with Gasteiger partial charge in [0.25, 0.3) is 12.3 Å². The number of amides is 1. The number of rotatable bonds is 6. The van der Waals surface area contributed by atoms with Gasteiger partial charge in [-0.3, -0.25) is 9.69 Å². The van der Waals surface area contributed by atoms with Crippen LogP contribution in [0.15, 0.2) is 66.9 Å². The average Bonchev–Trinajstić information content (AvgIpc) is 3.36. The number of halogens is 2. The van der Waals surface area contributed by atoms with Gasteiger partial charge in [0.15, 0.2) is 0 Å². The van der Waals surface area contributed by atoms with E-state index < -0.39 is 12.3 Å². The standard InChI is InChI=1S/C26H23F2N5O/c27-25(28)19-7-3-6-18(15-19)20-8-4-5-17-9-10-21(30-24(17)20)26(34)32-22-11-12-29-23(31-22)16-33-13-1-2-14-33/h3-12,15,25H,1-2,13-14,16H2,(H,29,31,32,34). The molecular weight excluding hydrogens is 436 g/mol. The molecule has 1 aliphatic heterocycles. The smallest absolute Gasteiger partial charge is 0.275 e. The molecule has 0 atom stereocenters. The maximum absolute atomic E-state index is 13.2. The lowest BCUT2D eigenvalue weighted by molar-refractivity contribution is 0.102. The van der Waals surface area contributed by atoms with Crippen molar-refractivity contribution in [1.29, 1.82) is 0 Å². The first-order chi connectivity index (χ1) is 16.6. The summed E-state index contributed by atoms with van der Waals surface area (Å²) >= 11 is 0. The molecule has 0 radical (unpaired) electrons. The Hall–Kier alpha value is -3.78. The van der Waals surface area contributed by atoms with E-state index in [-0.39, 0.29) is 11.3 Å². The summed E-state index contributed by atoms with van der Waals surface area (Å²) in [5, 5.41) is 3.61. The lowest BCUT2D eigenvalue weighted by atomic mass is 10.00. The van der Waals surface area contributed by atoms with Gasteiger partial charge in [0.1, 0.15) is 17.3 Å². The molecule has 34 heavy (non-hydrogen) atoms. The van der Waals surface area contributed by atoms with Crippen molar-refractivity contribution in [3.05, 3.63) is 83.9 Å². The van der Waals surface area contributed by atoms with Gasteiger partial charge in [0.2, 0.25) is 0 Å². The van der Waals surface area contributed by atoms with Crippen LogP contribution in [-0.4, -0.2) is 38.8 Å². The van der Waals surface area contributed by atoms with E-state index in [2.05, 4.69) is 25.2 Å². The van der Waals surface area contributed by atoms with Crippen molar-refractivity contribution in [3.63, 3.8) is 0 Å². The number of carbonyl (C=O) groups excluding carboxylic acids is 1. The lowest BCUT2D eigenvalue weighted by Gasteiger charge is -2.13. The molecule has 0 bridgehead atoms. The Morgan fingerprint density at radius 1 is 1.00 bits per heavy atom. The molecule has 0 saturated carbocycles. The summed E-state index contributed by atoms with van der Waals surface area (Å²) in [7, 11) is 0. The van der Waals surface area contributed by atoms with Gasteiger partial charge >= 0.3 is 0 Å². The van der Waals surface area contributed by atoms with E-state index in [9.17, 15) is 13.6 Å². The van der Waals surface area contributed by atoms with Crippen molar-refractivity contribution in [2.45, 2.75) is 25.8 Å². The van der Waals surface area contributed by atoms with Crippen LogP contribution in [0.25, 0.3) is 22.0 Å².